The van der Waals surface area contributed by atoms with Gasteiger partial charge < -0.3 is 5.73 Å². The lowest BCUT2D eigenvalue weighted by atomic mass is 9.72. The fraction of sp³-hybridized carbons (Fsp3) is 0.533. The number of amides is 1. The number of nitrogen functional groups attached to an aromatic ring is 1. The Labute approximate surface area is 150 Å². The van der Waals surface area contributed by atoms with Crippen molar-refractivity contribution in [2.75, 3.05) is 5.73 Å². The Morgan fingerprint density at radius 2 is 2.00 bits per heavy atom. The summed E-state index contributed by atoms with van der Waals surface area (Å²) in [6.07, 6.45) is 2.83. The van der Waals surface area contributed by atoms with Crippen LogP contribution in [0.25, 0.3) is 0 Å². The fourth-order valence-electron chi connectivity index (χ4n) is 3.06. The van der Waals surface area contributed by atoms with Crippen LogP contribution in [0.4, 0.5) is 5.69 Å². The second kappa shape index (κ2) is 6.83. The van der Waals surface area contributed by atoms with Crippen molar-refractivity contribution >= 4 is 52.1 Å². The molecule has 5 nitrogen and oxygen atoms in total. The summed E-state index contributed by atoms with van der Waals surface area (Å²) in [4.78, 5) is 16.1. The highest BCUT2D eigenvalue weighted by molar-refractivity contribution is 6.46. The lowest BCUT2D eigenvalue weighted by molar-refractivity contribution is 0.0949. The summed E-state index contributed by atoms with van der Waals surface area (Å²) in [7, 11) is 0. The normalized spacial score (nSPS) is 22.2. The number of hydrogen-bond donors (Lipinski definition) is 2. The largest absolute Gasteiger partial charge is 0.396 e. The van der Waals surface area contributed by atoms with Gasteiger partial charge in [-0.25, -0.2) is 10.4 Å². The predicted molar refractivity (Wildman–Crippen MR) is 95.4 cm³/mol. The van der Waals surface area contributed by atoms with Crippen LogP contribution in [0.15, 0.2) is 5.10 Å². The highest BCUT2D eigenvalue weighted by Gasteiger charge is 2.29. The number of nitrogens with one attached hydrogen (secondary N) is 1. The summed E-state index contributed by atoms with van der Waals surface area (Å²) in [5.41, 5.74) is 9.25. The van der Waals surface area contributed by atoms with Crippen molar-refractivity contribution in [2.45, 2.75) is 40.0 Å². The maximum Gasteiger partial charge on any atom is 0.291 e. The van der Waals surface area contributed by atoms with E-state index in [0.717, 1.165) is 25.0 Å². The van der Waals surface area contributed by atoms with E-state index in [9.17, 15) is 4.79 Å². The summed E-state index contributed by atoms with van der Waals surface area (Å²) >= 11 is 17.7. The number of carbonyl (C=O) groups is 1. The molecule has 0 saturated heterocycles. The number of nitrogens with two attached hydrogens (primary N) is 1. The molecule has 126 valence electrons. The van der Waals surface area contributed by atoms with E-state index in [1.54, 1.807) is 0 Å². The molecule has 3 N–H and O–H groups in total. The molecule has 1 fully saturated rings. The number of nitrogens with zero attached hydrogens (tertiary/aromatic N) is 2. The van der Waals surface area contributed by atoms with Crippen LogP contribution >= 0.6 is 34.8 Å². The van der Waals surface area contributed by atoms with Gasteiger partial charge in [0, 0.05) is 5.71 Å². The van der Waals surface area contributed by atoms with E-state index in [1.165, 1.54) is 0 Å². The van der Waals surface area contributed by atoms with Gasteiger partial charge in [0.25, 0.3) is 5.91 Å². The number of pyridine rings is 1. The van der Waals surface area contributed by atoms with E-state index in [1.807, 2.05) is 0 Å². The van der Waals surface area contributed by atoms with Crippen LogP contribution in [0.1, 0.15) is 50.5 Å². The molecular formula is C15H19Cl3N4O. The minimum Gasteiger partial charge on any atom is -0.396 e. The molecule has 1 atom stereocenters. The number of halogens is 3. The van der Waals surface area contributed by atoms with Gasteiger partial charge in [0.1, 0.15) is 5.02 Å². The number of rotatable bonds is 2. The Morgan fingerprint density at radius 3 is 2.61 bits per heavy atom. The molecule has 1 aromatic heterocycles. The Bertz CT molecular complexity index is 673. The maximum atomic E-state index is 12.2. The zero-order valence-corrected chi connectivity index (χ0v) is 15.5. The fourth-order valence-corrected chi connectivity index (χ4v) is 3.66. The van der Waals surface area contributed by atoms with E-state index in [2.05, 4.69) is 36.3 Å². The maximum absolute atomic E-state index is 12.2. The summed E-state index contributed by atoms with van der Waals surface area (Å²) < 4.78 is 0. The average Bonchev–Trinajstić information content (AvgIpc) is 2.44. The monoisotopic (exact) mass is 376 g/mol. The van der Waals surface area contributed by atoms with Crippen LogP contribution in [0.3, 0.4) is 0 Å². The first kappa shape index (κ1) is 18.3. The highest BCUT2D eigenvalue weighted by Crippen LogP contribution is 2.37. The Hall–Kier alpha value is -1.04. The first-order valence-electron chi connectivity index (χ1n) is 7.26. The SMILES string of the molecule is C[C@H]1C/C(=N/NC(=O)c2nc(Cl)c(Cl)c(N)c2Cl)CC(C)(C)C1. The third kappa shape index (κ3) is 4.28. The van der Waals surface area contributed by atoms with E-state index in [4.69, 9.17) is 40.5 Å². The Morgan fingerprint density at radius 1 is 1.35 bits per heavy atom. The van der Waals surface area contributed by atoms with Crippen LogP contribution in [0, 0.1) is 11.3 Å². The second-order valence-electron chi connectivity index (χ2n) is 6.77. The minimum atomic E-state index is -0.566. The predicted octanol–water partition coefficient (Wildman–Crippen LogP) is 4.56. The number of hydrazone groups is 1. The van der Waals surface area contributed by atoms with Gasteiger partial charge in [-0.1, -0.05) is 55.6 Å². The summed E-state index contributed by atoms with van der Waals surface area (Å²) in [5, 5.41) is 4.16. The summed E-state index contributed by atoms with van der Waals surface area (Å²) in [5.74, 6) is -0.0412. The molecule has 2 rings (SSSR count). The van der Waals surface area contributed by atoms with Crippen LogP contribution in [0.5, 0.6) is 0 Å². The molecule has 8 heteroatoms. The molecule has 1 aliphatic rings. The molecular weight excluding hydrogens is 359 g/mol. The van der Waals surface area contributed by atoms with Crippen molar-refractivity contribution in [2.24, 2.45) is 16.4 Å². The van der Waals surface area contributed by atoms with Gasteiger partial charge in [0.2, 0.25) is 0 Å². The van der Waals surface area contributed by atoms with Gasteiger partial charge in [-0.05, 0) is 30.6 Å². The topological polar surface area (TPSA) is 80.4 Å². The number of aromatic nitrogens is 1. The molecule has 0 unspecified atom stereocenters. The Balaban J connectivity index is 2.19. The van der Waals surface area contributed by atoms with Crippen molar-refractivity contribution in [3.8, 4) is 0 Å². The first-order valence-corrected chi connectivity index (χ1v) is 8.40. The molecule has 0 aromatic carbocycles. The van der Waals surface area contributed by atoms with Crippen molar-refractivity contribution < 1.29 is 4.79 Å². The van der Waals surface area contributed by atoms with Crippen molar-refractivity contribution in [1.29, 1.82) is 0 Å². The smallest absolute Gasteiger partial charge is 0.291 e. The molecule has 1 aliphatic carbocycles. The van der Waals surface area contributed by atoms with E-state index in [-0.39, 0.29) is 32.0 Å². The van der Waals surface area contributed by atoms with Crippen molar-refractivity contribution in [3.63, 3.8) is 0 Å². The van der Waals surface area contributed by atoms with Crippen LogP contribution in [0.2, 0.25) is 15.2 Å². The van der Waals surface area contributed by atoms with Gasteiger partial charge in [-0.3, -0.25) is 4.79 Å². The van der Waals surface area contributed by atoms with Crippen LogP contribution in [-0.4, -0.2) is 16.6 Å². The molecule has 0 aliphatic heterocycles. The lowest BCUT2D eigenvalue weighted by Gasteiger charge is -2.34. The molecule has 0 spiro atoms. The number of anilines is 1. The van der Waals surface area contributed by atoms with E-state index >= 15 is 0 Å². The second-order valence-corrected chi connectivity index (χ2v) is 7.88. The molecule has 1 saturated carbocycles. The first-order chi connectivity index (χ1) is 10.6. The Kier molecular flexibility index (Phi) is 5.44. The lowest BCUT2D eigenvalue weighted by Crippen LogP contribution is -2.30. The third-order valence-corrected chi connectivity index (χ3v) is 4.91. The van der Waals surface area contributed by atoms with Crippen LogP contribution < -0.4 is 11.2 Å². The van der Waals surface area contributed by atoms with Crippen molar-refractivity contribution in [1.82, 2.24) is 10.4 Å². The molecule has 0 radical (unpaired) electrons. The van der Waals surface area contributed by atoms with Gasteiger partial charge in [0.15, 0.2) is 10.8 Å². The summed E-state index contributed by atoms with van der Waals surface area (Å²) in [6.45, 7) is 6.56. The molecule has 1 aromatic rings. The van der Waals surface area contributed by atoms with Crippen molar-refractivity contribution in [3.05, 3.63) is 20.9 Å². The molecule has 0 bridgehead atoms. The zero-order valence-electron chi connectivity index (χ0n) is 13.2. The van der Waals surface area contributed by atoms with E-state index < -0.39 is 5.91 Å². The molecule has 23 heavy (non-hydrogen) atoms. The summed E-state index contributed by atoms with van der Waals surface area (Å²) in [6, 6.07) is 0. The standard InChI is InChI=1S/C15H19Cl3N4O/c1-7-4-8(6-15(2,3)5-7)21-22-14(23)12-9(16)11(19)10(17)13(18)20-12/h7H,4-6H2,1-3H3,(H2,19,20)(H,22,23)/b21-8-/t7-/m0/s1. The number of carbonyl (C=O) groups excluding carboxylic acids is 1. The van der Waals surface area contributed by atoms with Gasteiger partial charge in [-0.2, -0.15) is 5.10 Å². The average molecular weight is 378 g/mol. The van der Waals surface area contributed by atoms with Gasteiger partial charge in [0.05, 0.1) is 10.7 Å². The van der Waals surface area contributed by atoms with E-state index in [0.29, 0.717) is 5.92 Å². The quantitative estimate of drug-likeness (QED) is 0.586. The van der Waals surface area contributed by atoms with Gasteiger partial charge in [-0.15, -0.1) is 0 Å². The van der Waals surface area contributed by atoms with Gasteiger partial charge >= 0.3 is 0 Å². The molecule has 1 amide bonds. The zero-order chi connectivity index (χ0) is 17.4. The highest BCUT2D eigenvalue weighted by atomic mass is 35.5. The third-order valence-electron chi connectivity index (χ3n) is 3.77. The number of hydrogen-bond acceptors (Lipinski definition) is 4. The van der Waals surface area contributed by atoms with Crippen LogP contribution in [-0.2, 0) is 0 Å². The molecule has 1 heterocycles. The minimum absolute atomic E-state index is 0.0264.